The average molecular weight is 479 g/mol. The zero-order valence-electron chi connectivity index (χ0n) is 19.1. The molecule has 0 aromatic heterocycles. The number of aliphatic hydroxyl groups is 1. The van der Waals surface area contributed by atoms with Crippen molar-refractivity contribution in [1.82, 2.24) is 0 Å². The molecule has 4 nitrogen and oxygen atoms in total. The van der Waals surface area contributed by atoms with Crippen molar-refractivity contribution in [2.45, 2.75) is 55.6 Å². The van der Waals surface area contributed by atoms with Crippen LogP contribution in [0.25, 0.3) is 0 Å². The quantitative estimate of drug-likeness (QED) is 0.351. The minimum atomic E-state index is -2.81. The highest BCUT2D eigenvalue weighted by Crippen LogP contribution is 2.44. The Bertz CT molecular complexity index is 876. The van der Waals surface area contributed by atoms with Crippen LogP contribution in [0.2, 0.25) is 0 Å². The average Bonchev–Trinajstić information content (AvgIpc) is 2.80. The highest BCUT2D eigenvalue weighted by molar-refractivity contribution is 7.98. The molecule has 7 heteroatoms. The second kappa shape index (κ2) is 12.0. The normalized spacial score (nSPS) is 21.8. The Morgan fingerprint density at radius 1 is 1.18 bits per heavy atom. The van der Waals surface area contributed by atoms with E-state index in [-0.39, 0.29) is 32.5 Å². The van der Waals surface area contributed by atoms with E-state index in [2.05, 4.69) is 0 Å². The zero-order valence-corrected chi connectivity index (χ0v) is 19.9. The third-order valence-corrected chi connectivity index (χ3v) is 6.99. The Labute approximate surface area is 198 Å². The van der Waals surface area contributed by atoms with Gasteiger partial charge in [-0.25, -0.2) is 8.78 Å². The van der Waals surface area contributed by atoms with Crippen molar-refractivity contribution < 1.29 is 28.2 Å². The molecule has 0 saturated heterocycles. The van der Waals surface area contributed by atoms with Crippen LogP contribution in [0.15, 0.2) is 59.5 Å². The lowest BCUT2D eigenvalue weighted by atomic mass is 9.71. The molecule has 0 heterocycles. The van der Waals surface area contributed by atoms with Gasteiger partial charge in [0.25, 0.3) is 0 Å². The molecule has 1 aliphatic rings. The molecule has 4 atom stereocenters. The highest BCUT2D eigenvalue weighted by Gasteiger charge is 2.47. The zero-order chi connectivity index (χ0) is 23.8. The number of carbonyl (C=O) groups excluding carboxylic acids is 1. The number of alkyl halides is 2. The summed E-state index contributed by atoms with van der Waals surface area (Å²) >= 11 is 1.57. The molecule has 2 aromatic rings. The van der Waals surface area contributed by atoms with Gasteiger partial charge >= 0.3 is 5.97 Å². The molecule has 0 bridgehead atoms. The summed E-state index contributed by atoms with van der Waals surface area (Å²) in [5.41, 5.74) is 1.58. The van der Waals surface area contributed by atoms with Gasteiger partial charge in [-0.05, 0) is 54.7 Å². The van der Waals surface area contributed by atoms with Gasteiger partial charge in [0.1, 0.15) is 5.92 Å². The number of hydrogen-bond acceptors (Lipinski definition) is 5. The van der Waals surface area contributed by atoms with Gasteiger partial charge in [0.05, 0.1) is 25.9 Å². The smallest absolute Gasteiger partial charge is 0.316 e. The number of rotatable bonds is 10. The lowest BCUT2D eigenvalue weighted by Gasteiger charge is -2.40. The van der Waals surface area contributed by atoms with Crippen molar-refractivity contribution in [2.75, 3.05) is 19.5 Å². The standard InChI is InChI=1S/C26H32F2O4S/c1-3-32-25(30)23(19-9-11-21(33-2)12-10-19)24(29)22-13-14-26(27,28)15-20(22)17-31-16-18-7-5-4-6-8-18/h4-12,20,22-24,29H,3,13-17H2,1-2H3. The summed E-state index contributed by atoms with van der Waals surface area (Å²) in [7, 11) is 0. The number of hydrogen-bond donors (Lipinski definition) is 1. The molecular formula is C26H32F2O4S. The first-order valence-corrected chi connectivity index (χ1v) is 12.5. The fraction of sp³-hybridized carbons (Fsp3) is 0.500. The summed E-state index contributed by atoms with van der Waals surface area (Å²) in [6.45, 7) is 2.28. The van der Waals surface area contributed by atoms with Crippen LogP contribution < -0.4 is 0 Å². The number of ether oxygens (including phenoxy) is 2. The lowest BCUT2D eigenvalue weighted by Crippen LogP contribution is -2.44. The summed E-state index contributed by atoms with van der Waals surface area (Å²) in [4.78, 5) is 13.9. The monoisotopic (exact) mass is 478 g/mol. The van der Waals surface area contributed by atoms with Gasteiger partial charge in [0.15, 0.2) is 0 Å². The fourth-order valence-electron chi connectivity index (χ4n) is 4.55. The molecule has 1 fully saturated rings. The van der Waals surface area contributed by atoms with Crippen LogP contribution in [0.1, 0.15) is 43.2 Å². The van der Waals surface area contributed by atoms with Crippen LogP contribution in [0.5, 0.6) is 0 Å². The largest absolute Gasteiger partial charge is 0.465 e. The van der Waals surface area contributed by atoms with Crippen molar-refractivity contribution in [3.05, 3.63) is 65.7 Å². The first-order valence-electron chi connectivity index (χ1n) is 11.3. The van der Waals surface area contributed by atoms with Crippen molar-refractivity contribution in [3.63, 3.8) is 0 Å². The van der Waals surface area contributed by atoms with E-state index >= 15 is 0 Å². The summed E-state index contributed by atoms with van der Waals surface area (Å²) in [6, 6.07) is 16.9. The Morgan fingerprint density at radius 2 is 1.88 bits per heavy atom. The van der Waals surface area contributed by atoms with E-state index in [4.69, 9.17) is 9.47 Å². The predicted molar refractivity (Wildman–Crippen MR) is 125 cm³/mol. The van der Waals surface area contributed by atoms with E-state index in [0.717, 1.165) is 10.5 Å². The minimum Gasteiger partial charge on any atom is -0.465 e. The number of esters is 1. The van der Waals surface area contributed by atoms with Gasteiger partial charge in [0, 0.05) is 17.7 Å². The topological polar surface area (TPSA) is 55.8 Å². The number of thioether (sulfide) groups is 1. The highest BCUT2D eigenvalue weighted by atomic mass is 32.2. The first kappa shape index (κ1) is 25.7. The predicted octanol–water partition coefficient (Wildman–Crippen LogP) is 5.68. The van der Waals surface area contributed by atoms with Gasteiger partial charge in [-0.3, -0.25) is 4.79 Å². The minimum absolute atomic E-state index is 0.0904. The Hall–Kier alpha value is -1.96. The van der Waals surface area contributed by atoms with Crippen LogP contribution in [0.4, 0.5) is 8.78 Å². The lowest BCUT2D eigenvalue weighted by molar-refractivity contribution is -0.152. The summed E-state index contributed by atoms with van der Waals surface area (Å²) in [5.74, 6) is -5.36. The summed E-state index contributed by atoms with van der Waals surface area (Å²) < 4.78 is 39.6. The van der Waals surface area contributed by atoms with Crippen LogP contribution in [-0.2, 0) is 20.9 Å². The fourth-order valence-corrected chi connectivity index (χ4v) is 4.96. The second-order valence-corrected chi connectivity index (χ2v) is 9.40. The molecule has 180 valence electrons. The van der Waals surface area contributed by atoms with Crippen LogP contribution in [-0.4, -0.2) is 42.6 Å². The number of aliphatic hydroxyl groups excluding tert-OH is 1. The Kier molecular flexibility index (Phi) is 9.29. The molecule has 2 aromatic carbocycles. The maximum Gasteiger partial charge on any atom is 0.316 e. The van der Waals surface area contributed by atoms with Crippen molar-refractivity contribution in [2.24, 2.45) is 11.8 Å². The Balaban J connectivity index is 1.79. The van der Waals surface area contributed by atoms with Crippen LogP contribution in [0.3, 0.4) is 0 Å². The van der Waals surface area contributed by atoms with Crippen LogP contribution in [0, 0.1) is 11.8 Å². The molecule has 4 unspecified atom stereocenters. The van der Waals surface area contributed by atoms with Crippen molar-refractivity contribution in [3.8, 4) is 0 Å². The molecule has 3 rings (SSSR count). The van der Waals surface area contributed by atoms with Gasteiger partial charge in [-0.1, -0.05) is 42.5 Å². The number of halogens is 2. The third kappa shape index (κ3) is 7.01. The van der Waals surface area contributed by atoms with Crippen LogP contribution >= 0.6 is 11.8 Å². The van der Waals surface area contributed by atoms with E-state index < -0.39 is 35.7 Å². The van der Waals surface area contributed by atoms with Gasteiger partial charge < -0.3 is 14.6 Å². The molecule has 0 aliphatic heterocycles. The van der Waals surface area contributed by atoms with Gasteiger partial charge in [-0.2, -0.15) is 0 Å². The second-order valence-electron chi connectivity index (χ2n) is 8.52. The van der Waals surface area contributed by atoms with E-state index in [1.165, 1.54) is 0 Å². The number of benzene rings is 2. The van der Waals surface area contributed by atoms with Gasteiger partial charge in [0.2, 0.25) is 5.92 Å². The SMILES string of the molecule is CCOC(=O)C(c1ccc(SC)cc1)C(O)C1CCC(F)(F)CC1COCc1ccccc1. The maximum absolute atomic E-state index is 14.3. The first-order chi connectivity index (χ1) is 15.8. The molecule has 0 radical (unpaired) electrons. The molecule has 1 aliphatic carbocycles. The van der Waals surface area contributed by atoms with E-state index in [1.54, 1.807) is 30.8 Å². The molecular weight excluding hydrogens is 446 g/mol. The van der Waals surface area contributed by atoms with Crippen molar-refractivity contribution in [1.29, 1.82) is 0 Å². The maximum atomic E-state index is 14.3. The molecule has 33 heavy (non-hydrogen) atoms. The van der Waals surface area contributed by atoms with Crippen molar-refractivity contribution >= 4 is 17.7 Å². The third-order valence-electron chi connectivity index (χ3n) is 6.25. The summed E-state index contributed by atoms with van der Waals surface area (Å²) in [6.07, 6.45) is 0.238. The van der Waals surface area contributed by atoms with Gasteiger partial charge in [-0.15, -0.1) is 11.8 Å². The molecule has 0 amide bonds. The molecule has 1 N–H and O–H groups in total. The number of carbonyl (C=O) groups is 1. The van der Waals surface area contributed by atoms with E-state index in [0.29, 0.717) is 12.2 Å². The van der Waals surface area contributed by atoms with E-state index in [1.807, 2.05) is 48.7 Å². The molecule has 1 saturated carbocycles. The summed E-state index contributed by atoms with van der Waals surface area (Å²) in [5, 5.41) is 11.4. The van der Waals surface area contributed by atoms with E-state index in [9.17, 15) is 18.7 Å². The Morgan fingerprint density at radius 3 is 2.52 bits per heavy atom. The molecule has 0 spiro atoms.